The summed E-state index contributed by atoms with van der Waals surface area (Å²) in [6.07, 6.45) is 0. The number of fused-ring (bicyclic) bond motifs is 1. The van der Waals surface area contributed by atoms with Gasteiger partial charge in [-0.1, -0.05) is 225 Å². The summed E-state index contributed by atoms with van der Waals surface area (Å²) in [5, 5.41) is 2.47. The third-order valence-corrected chi connectivity index (χ3v) is 16.3. The molecule has 10 aromatic carbocycles. The van der Waals surface area contributed by atoms with Crippen LogP contribution in [0.3, 0.4) is 0 Å². The molecule has 0 aromatic heterocycles. The Hall–Kier alpha value is -7.94. The Morgan fingerprint density at radius 3 is 0.608 bits per heavy atom. The third kappa shape index (κ3) is 9.46. The summed E-state index contributed by atoms with van der Waals surface area (Å²) >= 11 is 0. The van der Waals surface area contributed by atoms with Crippen molar-refractivity contribution in [3.8, 4) is 0 Å². The van der Waals surface area contributed by atoms with E-state index in [1.807, 2.05) is 0 Å². The zero-order chi connectivity index (χ0) is 51.8. The van der Waals surface area contributed by atoms with Gasteiger partial charge in [-0.15, -0.1) is 0 Å². The molecule has 10 rings (SSSR count). The van der Waals surface area contributed by atoms with Gasteiger partial charge in [0.1, 0.15) is 0 Å². The molecule has 0 atom stereocenters. The van der Waals surface area contributed by atoms with Crippen LogP contribution in [0.5, 0.6) is 0 Å². The first kappa shape index (κ1) is 49.6. The maximum absolute atomic E-state index is 2.43. The van der Waals surface area contributed by atoms with Crippen LogP contribution < -0.4 is 9.80 Å². The molecule has 0 aliphatic carbocycles. The maximum Gasteiger partial charge on any atom is 0.0470 e. The summed E-state index contributed by atoms with van der Waals surface area (Å²) in [7, 11) is 0. The van der Waals surface area contributed by atoms with Crippen molar-refractivity contribution in [3.05, 3.63) is 298 Å². The van der Waals surface area contributed by atoms with E-state index in [9.17, 15) is 0 Å². The lowest BCUT2D eigenvalue weighted by atomic mass is 9.78. The van der Waals surface area contributed by atoms with E-state index < -0.39 is 0 Å². The second kappa shape index (κ2) is 19.8. The molecule has 0 amide bonds. The van der Waals surface area contributed by atoms with E-state index in [1.54, 1.807) is 0 Å². The molecule has 2 nitrogen and oxygen atoms in total. The summed E-state index contributed by atoms with van der Waals surface area (Å²) in [5.74, 6) is 0. The largest absolute Gasteiger partial charge is 0.310 e. The lowest BCUT2D eigenvalue weighted by Crippen LogP contribution is -2.20. The lowest BCUT2D eigenvalue weighted by Gasteiger charge is -2.31. The van der Waals surface area contributed by atoms with Gasteiger partial charge < -0.3 is 9.80 Å². The Morgan fingerprint density at radius 1 is 0.216 bits per heavy atom. The molecule has 0 fully saturated rings. The number of hydrogen-bond donors (Lipinski definition) is 0. The van der Waals surface area contributed by atoms with Crippen LogP contribution in [-0.2, 0) is 21.7 Å². The minimum atomic E-state index is -0.154. The molecule has 0 spiro atoms. The average Bonchev–Trinajstić information content (AvgIpc) is 3.43. The Labute approximate surface area is 441 Å². The van der Waals surface area contributed by atoms with Gasteiger partial charge >= 0.3 is 0 Å². The highest BCUT2D eigenvalue weighted by Gasteiger charge is 2.28. The third-order valence-electron chi connectivity index (χ3n) is 16.3. The molecule has 0 aliphatic heterocycles. The van der Waals surface area contributed by atoms with E-state index in [2.05, 4.69) is 322 Å². The van der Waals surface area contributed by atoms with Gasteiger partial charge in [0.2, 0.25) is 0 Å². The normalized spacial score (nSPS) is 12.2. The first-order valence-electron chi connectivity index (χ1n) is 26.3. The molecular formula is C72H70N2. The Morgan fingerprint density at radius 2 is 0.405 bits per heavy atom. The molecule has 0 N–H and O–H groups in total. The predicted octanol–water partition coefficient (Wildman–Crippen LogP) is 19.7. The van der Waals surface area contributed by atoms with Gasteiger partial charge in [0.15, 0.2) is 0 Å². The van der Waals surface area contributed by atoms with Crippen molar-refractivity contribution >= 4 is 44.9 Å². The average molecular weight is 963 g/mol. The van der Waals surface area contributed by atoms with Gasteiger partial charge in [-0.3, -0.25) is 0 Å². The zero-order valence-corrected chi connectivity index (χ0v) is 45.0. The SMILES string of the molecule is Cc1cc(N(c2ccc(C(C)(C)c3ccccc3)cc2)c2ccc(C(C)(C)c3ccccc3)cc2)cc2c(C)cc(N(c3ccc(C(C)(C)c4ccccc4)cc3)c3ccc(C(C)(C)c4ccccc4)cc3)cc12. The summed E-state index contributed by atoms with van der Waals surface area (Å²) in [5.41, 5.74) is 18.8. The second-order valence-corrected chi connectivity index (χ2v) is 22.4. The van der Waals surface area contributed by atoms with Crippen molar-refractivity contribution in [3.63, 3.8) is 0 Å². The summed E-state index contributed by atoms with van der Waals surface area (Å²) in [4.78, 5) is 4.86. The Kier molecular flexibility index (Phi) is 13.3. The van der Waals surface area contributed by atoms with Crippen molar-refractivity contribution in [1.82, 2.24) is 0 Å². The number of hydrogen-bond acceptors (Lipinski definition) is 2. The van der Waals surface area contributed by atoms with Crippen LogP contribution >= 0.6 is 0 Å². The fourth-order valence-electron chi connectivity index (χ4n) is 11.1. The fraction of sp³-hybridized carbons (Fsp3) is 0.194. The van der Waals surface area contributed by atoms with Gasteiger partial charge in [0.25, 0.3) is 0 Å². The molecule has 0 unspecified atom stereocenters. The van der Waals surface area contributed by atoms with Crippen molar-refractivity contribution in [1.29, 1.82) is 0 Å². The van der Waals surface area contributed by atoms with Crippen LogP contribution in [0.1, 0.15) is 111 Å². The van der Waals surface area contributed by atoms with Crippen molar-refractivity contribution in [2.75, 3.05) is 9.80 Å². The van der Waals surface area contributed by atoms with Gasteiger partial charge in [-0.2, -0.15) is 0 Å². The molecular weight excluding hydrogens is 893 g/mol. The molecule has 0 heterocycles. The van der Waals surface area contributed by atoms with Crippen LogP contribution in [0.15, 0.2) is 243 Å². The molecule has 74 heavy (non-hydrogen) atoms. The predicted molar refractivity (Wildman–Crippen MR) is 317 cm³/mol. The Bertz CT molecular complexity index is 3070. The van der Waals surface area contributed by atoms with Crippen molar-refractivity contribution < 1.29 is 0 Å². The summed E-state index contributed by atoms with van der Waals surface area (Å²) in [6, 6.07) is 89.8. The number of nitrogens with zero attached hydrogens (tertiary/aromatic N) is 2. The highest BCUT2D eigenvalue weighted by molar-refractivity contribution is 5.97. The molecule has 0 aliphatic rings. The quantitative estimate of drug-likeness (QED) is 0.107. The van der Waals surface area contributed by atoms with E-state index in [0.29, 0.717) is 0 Å². The van der Waals surface area contributed by atoms with E-state index in [1.165, 1.54) is 66.4 Å². The van der Waals surface area contributed by atoms with Crippen LogP contribution in [0, 0.1) is 13.8 Å². The topological polar surface area (TPSA) is 6.48 Å². The van der Waals surface area contributed by atoms with E-state index in [0.717, 1.165) is 34.1 Å². The van der Waals surface area contributed by atoms with Crippen molar-refractivity contribution in [2.24, 2.45) is 0 Å². The molecule has 10 aromatic rings. The van der Waals surface area contributed by atoms with Crippen LogP contribution in [0.4, 0.5) is 34.1 Å². The monoisotopic (exact) mass is 963 g/mol. The van der Waals surface area contributed by atoms with E-state index in [-0.39, 0.29) is 21.7 Å². The molecule has 0 radical (unpaired) electrons. The van der Waals surface area contributed by atoms with E-state index in [4.69, 9.17) is 0 Å². The minimum Gasteiger partial charge on any atom is -0.310 e. The first-order chi connectivity index (χ1) is 35.5. The number of anilines is 6. The minimum absolute atomic E-state index is 0.154. The highest BCUT2D eigenvalue weighted by atomic mass is 15.1. The number of rotatable bonds is 14. The fourth-order valence-corrected chi connectivity index (χ4v) is 11.1. The Balaban J connectivity index is 1.07. The molecule has 0 saturated carbocycles. The summed E-state index contributed by atoms with van der Waals surface area (Å²) < 4.78 is 0. The highest BCUT2D eigenvalue weighted by Crippen LogP contribution is 2.45. The van der Waals surface area contributed by atoms with Gasteiger partial charge in [-0.25, -0.2) is 0 Å². The first-order valence-corrected chi connectivity index (χ1v) is 26.3. The van der Waals surface area contributed by atoms with Gasteiger partial charge in [0, 0.05) is 55.8 Å². The number of aryl methyl sites for hydroxylation is 2. The maximum atomic E-state index is 2.43. The van der Waals surface area contributed by atoms with Crippen LogP contribution in [-0.4, -0.2) is 0 Å². The van der Waals surface area contributed by atoms with Crippen LogP contribution in [0.2, 0.25) is 0 Å². The van der Waals surface area contributed by atoms with Gasteiger partial charge in [0.05, 0.1) is 0 Å². The standard InChI is InChI=1S/C72H70N2/c1-51-47-65(73(61-39-31-57(32-40-61)69(3,4)53-23-15-11-16-24-53)62-41-33-58(34-42-62)70(5,6)54-25-17-12-18-26-54)50-68-52(2)48-66(49-67(51)68)74(63-43-35-59(36-44-63)71(7,8)55-27-19-13-20-28-55)64-45-37-60(38-46-64)72(9,10)56-29-21-14-22-30-56/h11-50H,1-10H3. The van der Waals surface area contributed by atoms with Crippen molar-refractivity contribution in [2.45, 2.75) is 90.9 Å². The zero-order valence-electron chi connectivity index (χ0n) is 45.0. The molecule has 2 heteroatoms. The van der Waals surface area contributed by atoms with Gasteiger partial charge in [-0.05, 0) is 153 Å². The summed E-state index contributed by atoms with van der Waals surface area (Å²) in [6.45, 7) is 23.1. The second-order valence-electron chi connectivity index (χ2n) is 22.4. The number of benzene rings is 10. The molecule has 368 valence electrons. The lowest BCUT2D eigenvalue weighted by molar-refractivity contribution is 0.640. The van der Waals surface area contributed by atoms with E-state index >= 15 is 0 Å². The molecule has 0 saturated heterocycles. The molecule has 0 bridgehead atoms. The smallest absolute Gasteiger partial charge is 0.0470 e. The van der Waals surface area contributed by atoms with Crippen LogP contribution in [0.25, 0.3) is 10.8 Å².